The highest BCUT2D eigenvalue weighted by atomic mass is 32.1. The van der Waals surface area contributed by atoms with Gasteiger partial charge in [-0.15, -0.1) is 16.4 Å². The maximum atomic E-state index is 8.75. The Morgan fingerprint density at radius 2 is 2.00 bits per heavy atom. The largest absolute Gasteiger partial charge is 0.302 e. The van der Waals surface area contributed by atoms with Crippen LogP contribution in [-0.2, 0) is 13.7 Å². The molecule has 0 atom stereocenters. The van der Waals surface area contributed by atoms with Crippen LogP contribution < -0.4 is 0 Å². The summed E-state index contributed by atoms with van der Waals surface area (Å²) < 4.78 is 4.26. The first kappa shape index (κ1) is 16.4. The molecule has 2 aromatic rings. The molecule has 0 N–H and O–H groups in total. The predicted molar refractivity (Wildman–Crippen MR) is 87.4 cm³/mol. The Balaban J connectivity index is 2.21. The summed E-state index contributed by atoms with van der Waals surface area (Å²) in [6.07, 6.45) is 0.840. The molecular weight excluding hydrogens is 316 g/mol. The molecule has 2 heterocycles. The van der Waals surface area contributed by atoms with Gasteiger partial charge in [-0.3, -0.25) is 4.90 Å². The third-order valence-corrected chi connectivity index (χ3v) is 4.55. The van der Waals surface area contributed by atoms with Crippen LogP contribution in [0.2, 0.25) is 0 Å². The standard InChI is InChI=1S/C14H16N6S2/c1-18-13(12-5-2-10-22-12)17-20(14(18)21)11-19(8-3-6-15)9-4-7-16/h2,5,10H,3-4,8-9,11H2,1H3. The van der Waals surface area contributed by atoms with Crippen LogP contribution >= 0.6 is 23.6 Å². The van der Waals surface area contributed by atoms with Gasteiger partial charge in [-0.2, -0.15) is 10.5 Å². The topological polar surface area (TPSA) is 73.6 Å². The summed E-state index contributed by atoms with van der Waals surface area (Å²) in [7, 11) is 1.90. The number of hydrogen-bond donors (Lipinski definition) is 0. The maximum Gasteiger partial charge on any atom is 0.199 e. The predicted octanol–water partition coefficient (Wildman–Crippen LogP) is 2.77. The molecule has 0 aliphatic heterocycles. The molecule has 2 rings (SSSR count). The smallest absolute Gasteiger partial charge is 0.199 e. The Morgan fingerprint density at radius 3 is 2.55 bits per heavy atom. The third-order valence-electron chi connectivity index (χ3n) is 3.20. The number of nitrogens with zero attached hydrogens (tertiary/aromatic N) is 6. The van der Waals surface area contributed by atoms with Crippen molar-refractivity contribution in [3.8, 4) is 22.8 Å². The lowest BCUT2D eigenvalue weighted by atomic mass is 10.3. The highest BCUT2D eigenvalue weighted by molar-refractivity contribution is 7.71. The Hall–Kier alpha value is -2.00. The Bertz CT molecular complexity index is 726. The molecular formula is C14H16N6S2. The van der Waals surface area contributed by atoms with E-state index in [9.17, 15) is 0 Å². The van der Waals surface area contributed by atoms with Gasteiger partial charge in [0.25, 0.3) is 0 Å². The van der Waals surface area contributed by atoms with Crippen molar-refractivity contribution >= 4 is 23.6 Å². The minimum atomic E-state index is 0.420. The second-order valence-electron chi connectivity index (χ2n) is 4.72. The summed E-state index contributed by atoms with van der Waals surface area (Å²) >= 11 is 7.06. The van der Waals surface area contributed by atoms with Gasteiger partial charge in [0.15, 0.2) is 10.6 Å². The molecule has 0 saturated heterocycles. The molecule has 6 nitrogen and oxygen atoms in total. The number of nitriles is 2. The molecule has 0 spiro atoms. The lowest BCUT2D eigenvalue weighted by molar-refractivity contribution is 0.214. The molecule has 0 amide bonds. The van der Waals surface area contributed by atoms with Gasteiger partial charge in [0.2, 0.25) is 0 Å². The zero-order chi connectivity index (χ0) is 15.9. The van der Waals surface area contributed by atoms with E-state index in [1.807, 2.05) is 34.0 Å². The van der Waals surface area contributed by atoms with E-state index in [1.165, 1.54) is 0 Å². The van der Waals surface area contributed by atoms with Gasteiger partial charge in [0, 0.05) is 33.0 Å². The lowest BCUT2D eigenvalue weighted by Crippen LogP contribution is -2.29. The number of hydrogen-bond acceptors (Lipinski definition) is 6. The molecule has 0 bridgehead atoms. The first-order valence-electron chi connectivity index (χ1n) is 6.81. The van der Waals surface area contributed by atoms with Gasteiger partial charge in [0.05, 0.1) is 23.7 Å². The quantitative estimate of drug-likeness (QED) is 0.729. The molecule has 22 heavy (non-hydrogen) atoms. The van der Waals surface area contributed by atoms with Crippen LogP contribution in [-0.4, -0.2) is 32.3 Å². The average Bonchev–Trinajstić information content (AvgIpc) is 3.13. The zero-order valence-electron chi connectivity index (χ0n) is 12.3. The van der Waals surface area contributed by atoms with Gasteiger partial charge >= 0.3 is 0 Å². The fourth-order valence-electron chi connectivity index (χ4n) is 2.06. The van der Waals surface area contributed by atoms with E-state index in [0.717, 1.165) is 10.7 Å². The second-order valence-corrected chi connectivity index (χ2v) is 6.03. The van der Waals surface area contributed by atoms with Crippen molar-refractivity contribution in [2.75, 3.05) is 13.1 Å². The van der Waals surface area contributed by atoms with Crippen molar-refractivity contribution in [3.63, 3.8) is 0 Å². The van der Waals surface area contributed by atoms with E-state index in [4.69, 9.17) is 22.7 Å². The molecule has 0 saturated carbocycles. The van der Waals surface area contributed by atoms with Crippen molar-refractivity contribution < 1.29 is 0 Å². The fraction of sp³-hybridized carbons (Fsp3) is 0.429. The van der Waals surface area contributed by atoms with Crippen LogP contribution in [0.25, 0.3) is 10.7 Å². The summed E-state index contributed by atoms with van der Waals surface area (Å²) in [5.41, 5.74) is 0. The fourth-order valence-corrected chi connectivity index (χ4v) is 2.99. The van der Waals surface area contributed by atoms with E-state index in [2.05, 4.69) is 17.2 Å². The molecule has 0 radical (unpaired) electrons. The summed E-state index contributed by atoms with van der Waals surface area (Å²) in [6.45, 7) is 1.69. The first-order valence-corrected chi connectivity index (χ1v) is 8.10. The van der Waals surface area contributed by atoms with E-state index >= 15 is 0 Å². The number of aromatic nitrogens is 3. The zero-order valence-corrected chi connectivity index (χ0v) is 13.9. The van der Waals surface area contributed by atoms with Crippen molar-refractivity contribution in [1.82, 2.24) is 19.2 Å². The molecule has 114 valence electrons. The van der Waals surface area contributed by atoms with E-state index in [-0.39, 0.29) is 0 Å². The monoisotopic (exact) mass is 332 g/mol. The summed E-state index contributed by atoms with van der Waals surface area (Å²) in [5, 5.41) is 24.1. The van der Waals surface area contributed by atoms with Gasteiger partial charge in [0.1, 0.15) is 0 Å². The van der Waals surface area contributed by atoms with Crippen LogP contribution in [0.3, 0.4) is 0 Å². The first-order chi connectivity index (χ1) is 10.7. The van der Waals surface area contributed by atoms with E-state index in [1.54, 1.807) is 16.0 Å². The Kier molecular flexibility index (Phi) is 5.84. The number of thiophene rings is 1. The van der Waals surface area contributed by atoms with Crippen LogP contribution in [0.15, 0.2) is 17.5 Å². The minimum Gasteiger partial charge on any atom is -0.302 e. The van der Waals surface area contributed by atoms with Crippen LogP contribution in [0.5, 0.6) is 0 Å². The van der Waals surface area contributed by atoms with Gasteiger partial charge in [-0.1, -0.05) is 6.07 Å². The van der Waals surface area contributed by atoms with Gasteiger partial charge in [-0.05, 0) is 23.7 Å². The van der Waals surface area contributed by atoms with E-state index in [0.29, 0.717) is 37.4 Å². The van der Waals surface area contributed by atoms with Crippen LogP contribution in [0.4, 0.5) is 0 Å². The van der Waals surface area contributed by atoms with Crippen LogP contribution in [0, 0.1) is 27.4 Å². The Morgan fingerprint density at radius 1 is 1.32 bits per heavy atom. The van der Waals surface area contributed by atoms with Crippen LogP contribution in [0.1, 0.15) is 12.8 Å². The summed E-state index contributed by atoms with van der Waals surface area (Å²) in [5.74, 6) is 0.834. The average molecular weight is 332 g/mol. The van der Waals surface area contributed by atoms with Crippen molar-refractivity contribution in [3.05, 3.63) is 22.3 Å². The van der Waals surface area contributed by atoms with Crippen molar-refractivity contribution in [2.24, 2.45) is 7.05 Å². The number of rotatable bonds is 7. The Labute approximate surface area is 138 Å². The van der Waals surface area contributed by atoms with E-state index < -0.39 is 0 Å². The van der Waals surface area contributed by atoms with Crippen molar-refractivity contribution in [1.29, 1.82) is 10.5 Å². The van der Waals surface area contributed by atoms with Crippen molar-refractivity contribution in [2.45, 2.75) is 19.5 Å². The summed E-state index contributed by atoms with van der Waals surface area (Å²) in [6, 6.07) is 8.25. The van der Waals surface area contributed by atoms with Gasteiger partial charge < -0.3 is 4.57 Å². The summed E-state index contributed by atoms with van der Waals surface area (Å²) in [4.78, 5) is 3.08. The molecule has 8 heteroatoms. The van der Waals surface area contributed by atoms with Gasteiger partial charge in [-0.25, -0.2) is 4.68 Å². The lowest BCUT2D eigenvalue weighted by Gasteiger charge is -2.19. The molecule has 0 unspecified atom stereocenters. The highest BCUT2D eigenvalue weighted by Crippen LogP contribution is 2.22. The minimum absolute atomic E-state index is 0.420. The SMILES string of the molecule is Cn1c(-c2cccs2)nn(CN(CCC#N)CCC#N)c1=S. The molecule has 0 fully saturated rings. The highest BCUT2D eigenvalue weighted by Gasteiger charge is 2.13. The molecule has 0 aliphatic rings. The molecule has 2 aromatic heterocycles. The normalized spacial score (nSPS) is 10.5. The molecule has 0 aliphatic carbocycles. The molecule has 0 aromatic carbocycles. The maximum absolute atomic E-state index is 8.75. The third kappa shape index (κ3) is 3.80. The second kappa shape index (κ2) is 7.85.